The molecule has 17 heavy (non-hydrogen) atoms. The lowest BCUT2D eigenvalue weighted by molar-refractivity contribution is 0.219. The molecule has 2 N–H and O–H groups in total. The first-order chi connectivity index (χ1) is 8.16. The van der Waals surface area contributed by atoms with Crippen LogP contribution in [0.1, 0.15) is 0 Å². The third-order valence-corrected chi connectivity index (χ3v) is 2.81. The molecule has 92 valence electrons. The lowest BCUT2D eigenvalue weighted by Crippen LogP contribution is -2.32. The van der Waals surface area contributed by atoms with E-state index in [-0.39, 0.29) is 11.8 Å². The zero-order valence-corrected chi connectivity index (χ0v) is 9.93. The second-order valence-electron chi connectivity index (χ2n) is 3.77. The third-order valence-electron chi connectivity index (χ3n) is 2.57. The summed E-state index contributed by atoms with van der Waals surface area (Å²) in [5.41, 5.74) is 0.358. The fourth-order valence-corrected chi connectivity index (χ4v) is 1.86. The molecule has 1 aromatic carbocycles. The van der Waals surface area contributed by atoms with Gasteiger partial charge in [0.2, 0.25) is 0 Å². The quantitative estimate of drug-likeness (QED) is 0.866. The Kier molecular flexibility index (Phi) is 3.68. The van der Waals surface area contributed by atoms with Gasteiger partial charge < -0.3 is 15.5 Å². The van der Waals surface area contributed by atoms with E-state index in [2.05, 4.69) is 10.6 Å². The minimum absolute atomic E-state index is 0.0710. The molecule has 1 heterocycles. The maximum atomic E-state index is 13.3. The van der Waals surface area contributed by atoms with Crippen molar-refractivity contribution in [2.75, 3.05) is 31.5 Å². The molecule has 1 saturated heterocycles. The molecule has 2 rings (SSSR count). The molecular weight excluding hydrogens is 245 g/mol. The highest BCUT2D eigenvalue weighted by atomic mass is 35.5. The van der Waals surface area contributed by atoms with Crippen molar-refractivity contribution in [1.82, 2.24) is 10.2 Å². The van der Waals surface area contributed by atoms with E-state index in [9.17, 15) is 9.18 Å². The van der Waals surface area contributed by atoms with Gasteiger partial charge in [-0.25, -0.2) is 9.18 Å². The molecular formula is C11H13ClFN3O. The molecule has 1 fully saturated rings. The fraction of sp³-hybridized carbons (Fsp3) is 0.364. The number of nitrogens with one attached hydrogen (secondary N) is 2. The molecule has 0 aromatic heterocycles. The minimum Gasteiger partial charge on any atom is -0.381 e. The first kappa shape index (κ1) is 12.0. The zero-order valence-electron chi connectivity index (χ0n) is 9.17. The maximum absolute atomic E-state index is 13.3. The molecule has 1 aromatic rings. The molecule has 0 radical (unpaired) electrons. The Morgan fingerprint density at radius 2 is 2.35 bits per heavy atom. The number of anilines is 1. The summed E-state index contributed by atoms with van der Waals surface area (Å²) in [5, 5.41) is 6.10. The van der Waals surface area contributed by atoms with Crippen molar-refractivity contribution < 1.29 is 9.18 Å². The van der Waals surface area contributed by atoms with Crippen molar-refractivity contribution in [3.63, 3.8) is 0 Å². The Bertz CT molecular complexity index is 427. The van der Waals surface area contributed by atoms with Gasteiger partial charge in [-0.2, -0.15) is 0 Å². The zero-order chi connectivity index (χ0) is 12.3. The van der Waals surface area contributed by atoms with Crippen molar-refractivity contribution in [2.24, 2.45) is 0 Å². The van der Waals surface area contributed by atoms with Gasteiger partial charge in [-0.3, -0.25) is 0 Å². The molecule has 0 saturated carbocycles. The van der Waals surface area contributed by atoms with Crippen LogP contribution in [0.15, 0.2) is 18.2 Å². The molecule has 0 spiro atoms. The van der Waals surface area contributed by atoms with Gasteiger partial charge in [0.15, 0.2) is 0 Å². The SMILES string of the molecule is O=C1NCCN1CCNc1cc(Cl)ccc1F. The molecule has 1 aliphatic heterocycles. The van der Waals surface area contributed by atoms with E-state index in [0.717, 1.165) is 0 Å². The lowest BCUT2D eigenvalue weighted by atomic mass is 10.3. The highest BCUT2D eigenvalue weighted by Gasteiger charge is 2.18. The van der Waals surface area contributed by atoms with Crippen LogP contribution >= 0.6 is 11.6 Å². The van der Waals surface area contributed by atoms with Crippen LogP contribution in [0, 0.1) is 5.82 Å². The molecule has 1 aliphatic rings. The number of urea groups is 1. The number of hydrogen-bond acceptors (Lipinski definition) is 2. The smallest absolute Gasteiger partial charge is 0.317 e. The third kappa shape index (κ3) is 3.00. The predicted molar refractivity (Wildman–Crippen MR) is 64.9 cm³/mol. The number of rotatable bonds is 4. The number of nitrogens with zero attached hydrogens (tertiary/aromatic N) is 1. The lowest BCUT2D eigenvalue weighted by Gasteiger charge is -2.15. The highest BCUT2D eigenvalue weighted by Crippen LogP contribution is 2.19. The standard InChI is InChI=1S/C11H13ClFN3O/c12-8-1-2-9(13)10(7-8)14-3-5-16-6-4-15-11(16)17/h1-2,7,14H,3-6H2,(H,15,17). The Morgan fingerprint density at radius 1 is 1.53 bits per heavy atom. The number of carbonyl (C=O) groups is 1. The fourth-order valence-electron chi connectivity index (χ4n) is 1.68. The van der Waals surface area contributed by atoms with E-state index in [0.29, 0.717) is 36.9 Å². The van der Waals surface area contributed by atoms with E-state index >= 15 is 0 Å². The first-order valence-corrected chi connectivity index (χ1v) is 5.76. The molecule has 0 bridgehead atoms. The van der Waals surface area contributed by atoms with E-state index in [1.807, 2.05) is 0 Å². The van der Waals surface area contributed by atoms with Crippen molar-refractivity contribution >= 4 is 23.3 Å². The Morgan fingerprint density at radius 3 is 3.06 bits per heavy atom. The van der Waals surface area contributed by atoms with Gasteiger partial charge >= 0.3 is 6.03 Å². The van der Waals surface area contributed by atoms with Crippen LogP contribution in [0.3, 0.4) is 0 Å². The molecule has 2 amide bonds. The van der Waals surface area contributed by atoms with Crippen molar-refractivity contribution in [3.05, 3.63) is 29.0 Å². The Balaban J connectivity index is 1.85. The van der Waals surface area contributed by atoms with E-state index in [1.165, 1.54) is 18.2 Å². The number of halogens is 2. The monoisotopic (exact) mass is 257 g/mol. The van der Waals surface area contributed by atoms with Gasteiger partial charge in [0.05, 0.1) is 5.69 Å². The summed E-state index contributed by atoms with van der Waals surface area (Å²) in [6.45, 7) is 2.39. The molecule has 0 atom stereocenters. The molecule has 4 nitrogen and oxygen atoms in total. The predicted octanol–water partition coefficient (Wildman–Crippen LogP) is 1.92. The molecule has 0 unspecified atom stereocenters. The van der Waals surface area contributed by atoms with Crippen LogP contribution in [0.4, 0.5) is 14.9 Å². The average Bonchev–Trinajstić information content (AvgIpc) is 2.70. The van der Waals surface area contributed by atoms with Gasteiger partial charge in [0.1, 0.15) is 5.82 Å². The van der Waals surface area contributed by atoms with E-state index in [4.69, 9.17) is 11.6 Å². The number of benzene rings is 1. The summed E-state index contributed by atoms with van der Waals surface area (Å²) in [7, 11) is 0. The second kappa shape index (κ2) is 5.23. The Hall–Kier alpha value is -1.49. The number of carbonyl (C=O) groups excluding carboxylic acids is 1. The highest BCUT2D eigenvalue weighted by molar-refractivity contribution is 6.30. The summed E-state index contributed by atoms with van der Waals surface area (Å²) in [6.07, 6.45) is 0. The summed E-state index contributed by atoms with van der Waals surface area (Å²) in [6, 6.07) is 4.27. The van der Waals surface area contributed by atoms with Gasteiger partial charge in [0, 0.05) is 31.2 Å². The minimum atomic E-state index is -0.347. The molecule has 6 heteroatoms. The summed E-state index contributed by atoms with van der Waals surface area (Å²) in [5.74, 6) is -0.347. The van der Waals surface area contributed by atoms with Gasteiger partial charge in [-0.05, 0) is 18.2 Å². The maximum Gasteiger partial charge on any atom is 0.317 e. The van der Waals surface area contributed by atoms with Crippen LogP contribution in [-0.2, 0) is 0 Å². The topological polar surface area (TPSA) is 44.4 Å². The normalized spacial score (nSPS) is 14.9. The number of hydrogen-bond donors (Lipinski definition) is 2. The summed E-state index contributed by atoms with van der Waals surface area (Å²) < 4.78 is 13.3. The summed E-state index contributed by atoms with van der Waals surface area (Å²) in [4.78, 5) is 12.9. The van der Waals surface area contributed by atoms with Crippen LogP contribution in [-0.4, -0.2) is 37.1 Å². The van der Waals surface area contributed by atoms with Gasteiger partial charge in [-0.15, -0.1) is 0 Å². The van der Waals surface area contributed by atoms with Crippen LogP contribution in [0.2, 0.25) is 5.02 Å². The van der Waals surface area contributed by atoms with E-state index in [1.54, 1.807) is 4.90 Å². The average molecular weight is 258 g/mol. The Labute approximate surface area is 104 Å². The van der Waals surface area contributed by atoms with Crippen molar-refractivity contribution in [2.45, 2.75) is 0 Å². The van der Waals surface area contributed by atoms with Crippen LogP contribution in [0.25, 0.3) is 0 Å². The van der Waals surface area contributed by atoms with Crippen LogP contribution in [0.5, 0.6) is 0 Å². The van der Waals surface area contributed by atoms with Gasteiger partial charge in [0.25, 0.3) is 0 Å². The van der Waals surface area contributed by atoms with Crippen molar-refractivity contribution in [3.8, 4) is 0 Å². The van der Waals surface area contributed by atoms with E-state index < -0.39 is 0 Å². The van der Waals surface area contributed by atoms with Gasteiger partial charge in [-0.1, -0.05) is 11.6 Å². The largest absolute Gasteiger partial charge is 0.381 e. The second-order valence-corrected chi connectivity index (χ2v) is 4.21. The van der Waals surface area contributed by atoms with Crippen LogP contribution < -0.4 is 10.6 Å². The number of amides is 2. The summed E-state index contributed by atoms with van der Waals surface area (Å²) >= 11 is 5.76. The molecule has 0 aliphatic carbocycles. The van der Waals surface area contributed by atoms with Crippen molar-refractivity contribution in [1.29, 1.82) is 0 Å². The first-order valence-electron chi connectivity index (χ1n) is 5.38.